The van der Waals surface area contributed by atoms with Crippen molar-refractivity contribution in [2.24, 2.45) is 11.3 Å². The van der Waals surface area contributed by atoms with Crippen LogP contribution in [0, 0.1) is 17.2 Å². The van der Waals surface area contributed by atoms with Gasteiger partial charge in [0.1, 0.15) is 17.2 Å². The van der Waals surface area contributed by atoms with Gasteiger partial charge in [0.2, 0.25) is 11.9 Å². The summed E-state index contributed by atoms with van der Waals surface area (Å²) in [5.41, 5.74) is 1.46. The van der Waals surface area contributed by atoms with Crippen molar-refractivity contribution in [2.75, 3.05) is 49.6 Å². The molecule has 10 heteroatoms. The minimum atomic E-state index is -0.528. The zero-order chi connectivity index (χ0) is 29.5. The van der Waals surface area contributed by atoms with Gasteiger partial charge >= 0.3 is 6.09 Å². The molecule has 1 aromatic heterocycles. The number of carbonyl (C=O) groups is 2. The van der Waals surface area contributed by atoms with Crippen LogP contribution in [0.25, 0.3) is 11.3 Å². The van der Waals surface area contributed by atoms with Crippen LogP contribution in [-0.2, 0) is 16.0 Å². The van der Waals surface area contributed by atoms with Crippen molar-refractivity contribution in [1.82, 2.24) is 20.2 Å². The Morgan fingerprint density at radius 3 is 2.51 bits per heavy atom. The van der Waals surface area contributed by atoms with E-state index >= 15 is 4.39 Å². The van der Waals surface area contributed by atoms with E-state index in [4.69, 9.17) is 14.7 Å². The highest BCUT2D eigenvalue weighted by Gasteiger charge is 2.51. The number of anilines is 2. The van der Waals surface area contributed by atoms with Gasteiger partial charge in [0.05, 0.1) is 5.69 Å². The number of likely N-dealkylation sites (tertiary alicyclic amines) is 1. The predicted octanol–water partition coefficient (Wildman–Crippen LogP) is 4.64. The Morgan fingerprint density at radius 2 is 1.85 bits per heavy atom. The number of ether oxygens (including phenoxy) is 1. The molecule has 1 spiro atoms. The summed E-state index contributed by atoms with van der Waals surface area (Å²) in [6, 6.07) is 6.74. The minimum Gasteiger partial charge on any atom is -0.444 e. The van der Waals surface area contributed by atoms with Gasteiger partial charge in [-0.15, -0.1) is 0 Å². The van der Waals surface area contributed by atoms with E-state index in [1.807, 2.05) is 26.8 Å². The second-order valence-electron chi connectivity index (χ2n) is 13.3. The second-order valence-corrected chi connectivity index (χ2v) is 13.3. The van der Waals surface area contributed by atoms with Crippen LogP contribution in [0.5, 0.6) is 0 Å². The molecule has 2 aromatic rings. The summed E-state index contributed by atoms with van der Waals surface area (Å²) in [6.45, 7) is 13.4. The van der Waals surface area contributed by atoms with Gasteiger partial charge in [-0.3, -0.25) is 4.79 Å². The highest BCUT2D eigenvalue weighted by molar-refractivity contribution is 5.78. The molecule has 2 saturated heterocycles. The van der Waals surface area contributed by atoms with Crippen molar-refractivity contribution in [3.05, 3.63) is 35.6 Å². The van der Waals surface area contributed by atoms with E-state index in [0.29, 0.717) is 55.6 Å². The summed E-state index contributed by atoms with van der Waals surface area (Å²) in [7, 11) is 1.66. The predicted molar refractivity (Wildman–Crippen MR) is 157 cm³/mol. The Kier molecular flexibility index (Phi) is 7.87. The molecule has 2 fully saturated rings. The first-order valence-corrected chi connectivity index (χ1v) is 14.7. The summed E-state index contributed by atoms with van der Waals surface area (Å²) in [6.07, 6.45) is 2.54. The van der Waals surface area contributed by atoms with Crippen molar-refractivity contribution in [1.29, 1.82) is 0 Å². The molecule has 0 saturated carbocycles. The number of hydrogen-bond acceptors (Lipinski definition) is 7. The number of amides is 2. The van der Waals surface area contributed by atoms with E-state index in [-0.39, 0.29) is 29.3 Å². The first-order chi connectivity index (χ1) is 19.4. The smallest absolute Gasteiger partial charge is 0.410 e. The van der Waals surface area contributed by atoms with Crippen LogP contribution in [0.2, 0.25) is 0 Å². The van der Waals surface area contributed by atoms with Crippen LogP contribution in [0.4, 0.5) is 21.0 Å². The summed E-state index contributed by atoms with van der Waals surface area (Å²) < 4.78 is 20.7. The lowest BCUT2D eigenvalue weighted by Crippen LogP contribution is -2.60. The Labute approximate surface area is 242 Å². The Bertz CT molecular complexity index is 1300. The number of nitrogens with one attached hydrogen (secondary N) is 1. The van der Waals surface area contributed by atoms with E-state index in [0.717, 1.165) is 37.3 Å². The molecular formula is C31H43FN6O3. The fourth-order valence-electron chi connectivity index (χ4n) is 6.40. The van der Waals surface area contributed by atoms with Gasteiger partial charge in [-0.2, -0.15) is 4.98 Å². The number of carbonyl (C=O) groups excluding carboxylic acids is 2. The van der Waals surface area contributed by atoms with Gasteiger partial charge in [-0.25, -0.2) is 14.2 Å². The standard InChI is InChI=1S/C31H43FN6O3/c1-20(2)15-21(16-25(39)33-6)38-13-11-23-26(22-9-7-8-10-24(22)32)34-28(35-27(23)38)36-14-12-31(17-36)18-37(19-31)29(40)41-30(3,4)5/h7-10,20-21H,11-19H2,1-6H3,(H,33,39). The van der Waals surface area contributed by atoms with Crippen LogP contribution in [0.1, 0.15) is 59.4 Å². The molecule has 222 valence electrons. The van der Waals surface area contributed by atoms with Crippen molar-refractivity contribution in [2.45, 2.75) is 71.9 Å². The first-order valence-electron chi connectivity index (χ1n) is 14.7. The van der Waals surface area contributed by atoms with E-state index in [2.05, 4.69) is 29.0 Å². The maximum absolute atomic E-state index is 15.1. The lowest BCUT2D eigenvalue weighted by Gasteiger charge is -2.47. The summed E-state index contributed by atoms with van der Waals surface area (Å²) in [5, 5.41) is 2.77. The molecule has 1 aromatic carbocycles. The maximum atomic E-state index is 15.1. The van der Waals surface area contributed by atoms with Gasteiger partial charge in [0.15, 0.2) is 0 Å². The normalized spacial score (nSPS) is 18.5. The number of rotatable bonds is 7. The van der Waals surface area contributed by atoms with E-state index in [9.17, 15) is 9.59 Å². The average Bonchev–Trinajstić information content (AvgIpc) is 3.51. The average molecular weight is 567 g/mol. The molecule has 1 atom stereocenters. The highest BCUT2D eigenvalue weighted by Crippen LogP contribution is 2.43. The monoisotopic (exact) mass is 566 g/mol. The molecule has 1 N–H and O–H groups in total. The quantitative estimate of drug-likeness (QED) is 0.522. The zero-order valence-corrected chi connectivity index (χ0v) is 25.2. The Balaban J connectivity index is 1.45. The van der Waals surface area contributed by atoms with E-state index in [1.165, 1.54) is 6.07 Å². The number of hydrogen-bond donors (Lipinski definition) is 1. The molecule has 9 nitrogen and oxygen atoms in total. The molecule has 0 bridgehead atoms. The van der Waals surface area contributed by atoms with Crippen LogP contribution in [-0.4, -0.2) is 78.3 Å². The summed E-state index contributed by atoms with van der Waals surface area (Å²) in [4.78, 5) is 41.3. The maximum Gasteiger partial charge on any atom is 0.410 e. The second kappa shape index (κ2) is 11.1. The lowest BCUT2D eigenvalue weighted by atomic mass is 9.79. The number of aromatic nitrogens is 2. The molecule has 0 aliphatic carbocycles. The number of nitrogens with zero attached hydrogens (tertiary/aromatic N) is 5. The highest BCUT2D eigenvalue weighted by atomic mass is 19.1. The van der Waals surface area contributed by atoms with E-state index < -0.39 is 5.60 Å². The fraction of sp³-hybridized carbons (Fsp3) is 0.613. The van der Waals surface area contributed by atoms with Crippen LogP contribution >= 0.6 is 0 Å². The first kappa shape index (κ1) is 29.1. The van der Waals surface area contributed by atoms with Crippen molar-refractivity contribution < 1.29 is 18.7 Å². The molecular weight excluding hydrogens is 523 g/mol. The van der Waals surface area contributed by atoms with Crippen LogP contribution < -0.4 is 15.1 Å². The molecule has 1 unspecified atom stereocenters. The Hall–Kier alpha value is -3.43. The number of benzene rings is 1. The van der Waals surface area contributed by atoms with Gasteiger partial charge < -0.3 is 24.8 Å². The van der Waals surface area contributed by atoms with Crippen molar-refractivity contribution in [3.8, 4) is 11.3 Å². The molecule has 3 aliphatic heterocycles. The van der Waals surface area contributed by atoms with Crippen molar-refractivity contribution in [3.63, 3.8) is 0 Å². The molecule has 41 heavy (non-hydrogen) atoms. The topological polar surface area (TPSA) is 90.9 Å². The minimum absolute atomic E-state index is 0.00582. The third-order valence-electron chi connectivity index (χ3n) is 8.29. The molecule has 0 radical (unpaired) electrons. The third kappa shape index (κ3) is 6.11. The molecule has 2 amide bonds. The lowest BCUT2D eigenvalue weighted by molar-refractivity contribution is -0.121. The zero-order valence-electron chi connectivity index (χ0n) is 25.2. The third-order valence-corrected chi connectivity index (χ3v) is 8.29. The summed E-state index contributed by atoms with van der Waals surface area (Å²) in [5.74, 6) is 1.45. The van der Waals surface area contributed by atoms with Gasteiger partial charge in [0.25, 0.3) is 0 Å². The number of fused-ring (bicyclic) bond motifs is 1. The van der Waals surface area contributed by atoms with Gasteiger partial charge in [0, 0.05) is 68.8 Å². The number of halogens is 1. The summed E-state index contributed by atoms with van der Waals surface area (Å²) >= 11 is 0. The molecule has 5 rings (SSSR count). The van der Waals surface area contributed by atoms with Gasteiger partial charge in [-0.1, -0.05) is 26.0 Å². The van der Waals surface area contributed by atoms with Gasteiger partial charge in [-0.05, 0) is 58.1 Å². The SMILES string of the molecule is CNC(=O)CC(CC(C)C)N1CCc2c(-c3ccccc3F)nc(N3CCC4(CN(C(=O)OC(C)(C)C)C4)C3)nc21. The fourth-order valence-corrected chi connectivity index (χ4v) is 6.40. The van der Waals surface area contributed by atoms with Crippen LogP contribution in [0.3, 0.4) is 0 Å². The van der Waals surface area contributed by atoms with Crippen LogP contribution in [0.15, 0.2) is 24.3 Å². The van der Waals surface area contributed by atoms with E-state index in [1.54, 1.807) is 24.1 Å². The molecule has 4 heterocycles. The van der Waals surface area contributed by atoms with Crippen molar-refractivity contribution >= 4 is 23.8 Å². The molecule has 3 aliphatic rings. The Morgan fingerprint density at radius 1 is 1.12 bits per heavy atom. The largest absolute Gasteiger partial charge is 0.444 e.